The summed E-state index contributed by atoms with van der Waals surface area (Å²) >= 11 is 0. The second-order valence-electron chi connectivity index (χ2n) is 5.26. The summed E-state index contributed by atoms with van der Waals surface area (Å²) in [6, 6.07) is 0. The molecule has 2 aliphatic heterocycles. The third-order valence-corrected chi connectivity index (χ3v) is 3.72. The van der Waals surface area contributed by atoms with E-state index < -0.39 is 5.60 Å². The van der Waals surface area contributed by atoms with E-state index in [-0.39, 0.29) is 5.91 Å². The maximum atomic E-state index is 11.3. The van der Waals surface area contributed by atoms with E-state index in [1.807, 2.05) is 0 Å². The van der Waals surface area contributed by atoms with Crippen molar-refractivity contribution in [2.75, 3.05) is 45.8 Å². The lowest BCUT2D eigenvalue weighted by Gasteiger charge is -2.42. The first-order valence-electron chi connectivity index (χ1n) is 6.55. The van der Waals surface area contributed by atoms with E-state index in [4.69, 9.17) is 0 Å². The molecule has 17 heavy (non-hydrogen) atoms. The number of likely N-dealkylation sites (N-methyl/N-ethyl adjacent to an activating group) is 1. The Morgan fingerprint density at radius 2 is 2.24 bits per heavy atom. The van der Waals surface area contributed by atoms with E-state index in [9.17, 15) is 9.90 Å². The summed E-state index contributed by atoms with van der Waals surface area (Å²) in [7, 11) is 0. The maximum absolute atomic E-state index is 11.3. The Kier molecular flexibility index (Phi) is 4.01. The van der Waals surface area contributed by atoms with Gasteiger partial charge in [0.05, 0.1) is 12.1 Å². The number of nitrogens with zero attached hydrogens (tertiary/aromatic N) is 2. The Morgan fingerprint density at radius 3 is 2.94 bits per heavy atom. The lowest BCUT2D eigenvalue weighted by Crippen LogP contribution is -2.58. The molecule has 5 heteroatoms. The van der Waals surface area contributed by atoms with Gasteiger partial charge < -0.3 is 15.3 Å². The molecule has 1 unspecified atom stereocenters. The first-order valence-corrected chi connectivity index (χ1v) is 6.55. The van der Waals surface area contributed by atoms with Crippen molar-refractivity contribution < 1.29 is 9.90 Å². The van der Waals surface area contributed by atoms with Crippen molar-refractivity contribution in [2.24, 2.45) is 0 Å². The Morgan fingerprint density at radius 1 is 1.41 bits per heavy atom. The Bertz CT molecular complexity index is 285. The van der Waals surface area contributed by atoms with Crippen molar-refractivity contribution in [1.82, 2.24) is 15.1 Å². The molecule has 0 bridgehead atoms. The Labute approximate surface area is 103 Å². The van der Waals surface area contributed by atoms with E-state index in [1.165, 1.54) is 0 Å². The standard InChI is InChI=1S/C12H23N3O2/c1-2-14-6-3-4-12(17,9-14)10-15-7-5-13-11(16)8-15/h17H,2-10H2,1H3,(H,13,16). The fourth-order valence-corrected chi connectivity index (χ4v) is 2.85. The summed E-state index contributed by atoms with van der Waals surface area (Å²) in [6.07, 6.45) is 1.89. The van der Waals surface area contributed by atoms with Crippen molar-refractivity contribution in [3.63, 3.8) is 0 Å². The quantitative estimate of drug-likeness (QED) is 0.684. The Hall–Kier alpha value is -0.650. The topological polar surface area (TPSA) is 55.8 Å². The molecular formula is C12H23N3O2. The van der Waals surface area contributed by atoms with Crippen LogP contribution in [-0.2, 0) is 4.79 Å². The molecule has 0 aliphatic carbocycles. The van der Waals surface area contributed by atoms with Gasteiger partial charge in [0.25, 0.3) is 0 Å². The molecule has 2 rings (SSSR count). The van der Waals surface area contributed by atoms with Gasteiger partial charge in [-0.25, -0.2) is 0 Å². The molecule has 2 fully saturated rings. The number of carbonyl (C=O) groups excluding carboxylic acids is 1. The number of nitrogens with one attached hydrogen (secondary N) is 1. The number of hydrogen-bond acceptors (Lipinski definition) is 4. The summed E-state index contributed by atoms with van der Waals surface area (Å²) in [5.41, 5.74) is -0.633. The van der Waals surface area contributed by atoms with Crippen molar-refractivity contribution in [1.29, 1.82) is 0 Å². The van der Waals surface area contributed by atoms with Gasteiger partial charge in [0, 0.05) is 26.2 Å². The fourth-order valence-electron chi connectivity index (χ4n) is 2.85. The molecule has 1 amide bonds. The molecule has 2 heterocycles. The highest BCUT2D eigenvalue weighted by Crippen LogP contribution is 2.22. The molecule has 5 nitrogen and oxygen atoms in total. The molecule has 2 saturated heterocycles. The van der Waals surface area contributed by atoms with Crippen LogP contribution >= 0.6 is 0 Å². The van der Waals surface area contributed by atoms with Crippen molar-refractivity contribution in [3.05, 3.63) is 0 Å². The minimum Gasteiger partial charge on any atom is -0.387 e. The average Bonchev–Trinajstić information content (AvgIpc) is 2.28. The molecule has 0 aromatic carbocycles. The number of piperidine rings is 1. The van der Waals surface area contributed by atoms with Crippen molar-refractivity contribution in [2.45, 2.75) is 25.4 Å². The third-order valence-electron chi connectivity index (χ3n) is 3.72. The molecule has 0 saturated carbocycles. The Balaban J connectivity index is 1.89. The number of piperazine rings is 1. The molecule has 0 aromatic rings. The molecule has 0 aromatic heterocycles. The first kappa shape index (κ1) is 12.8. The monoisotopic (exact) mass is 241 g/mol. The van der Waals surface area contributed by atoms with Crippen LogP contribution in [0.2, 0.25) is 0 Å². The highest BCUT2D eigenvalue weighted by Gasteiger charge is 2.35. The third kappa shape index (κ3) is 3.40. The predicted molar refractivity (Wildman–Crippen MR) is 65.7 cm³/mol. The van der Waals surface area contributed by atoms with E-state index in [0.29, 0.717) is 19.6 Å². The maximum Gasteiger partial charge on any atom is 0.234 e. The van der Waals surface area contributed by atoms with Gasteiger partial charge in [-0.3, -0.25) is 9.69 Å². The zero-order valence-corrected chi connectivity index (χ0v) is 10.6. The second-order valence-corrected chi connectivity index (χ2v) is 5.26. The van der Waals surface area contributed by atoms with Crippen LogP contribution in [0.4, 0.5) is 0 Å². The number of likely N-dealkylation sites (tertiary alicyclic amines) is 1. The van der Waals surface area contributed by atoms with Gasteiger partial charge in [-0.2, -0.15) is 0 Å². The summed E-state index contributed by atoms with van der Waals surface area (Å²) in [5.74, 6) is 0.0722. The average molecular weight is 241 g/mol. The fraction of sp³-hybridized carbons (Fsp3) is 0.917. The number of carbonyl (C=O) groups is 1. The van der Waals surface area contributed by atoms with Crippen LogP contribution in [0, 0.1) is 0 Å². The zero-order chi connectivity index (χ0) is 12.3. The number of rotatable bonds is 3. The summed E-state index contributed by atoms with van der Waals surface area (Å²) in [6.45, 7) is 7.53. The summed E-state index contributed by atoms with van der Waals surface area (Å²) in [5, 5.41) is 13.4. The molecule has 0 spiro atoms. The molecule has 2 N–H and O–H groups in total. The predicted octanol–water partition coefficient (Wildman–Crippen LogP) is -0.735. The molecular weight excluding hydrogens is 218 g/mol. The van der Waals surface area contributed by atoms with Crippen LogP contribution in [0.1, 0.15) is 19.8 Å². The van der Waals surface area contributed by atoms with Crippen molar-refractivity contribution in [3.8, 4) is 0 Å². The normalized spacial score (nSPS) is 32.5. The number of aliphatic hydroxyl groups is 1. The van der Waals surface area contributed by atoms with Gasteiger partial charge >= 0.3 is 0 Å². The van der Waals surface area contributed by atoms with Crippen LogP contribution < -0.4 is 5.32 Å². The van der Waals surface area contributed by atoms with Crippen LogP contribution in [0.5, 0.6) is 0 Å². The van der Waals surface area contributed by atoms with Gasteiger partial charge in [-0.15, -0.1) is 0 Å². The molecule has 2 aliphatic rings. The summed E-state index contributed by atoms with van der Waals surface area (Å²) in [4.78, 5) is 15.6. The van der Waals surface area contributed by atoms with Gasteiger partial charge in [0.2, 0.25) is 5.91 Å². The van der Waals surface area contributed by atoms with Gasteiger partial charge in [0.1, 0.15) is 0 Å². The lowest BCUT2D eigenvalue weighted by atomic mass is 9.92. The van der Waals surface area contributed by atoms with Gasteiger partial charge in [-0.05, 0) is 25.9 Å². The van der Waals surface area contributed by atoms with Crippen LogP contribution in [0.25, 0.3) is 0 Å². The minimum absolute atomic E-state index is 0.0722. The van der Waals surface area contributed by atoms with E-state index in [0.717, 1.165) is 39.0 Å². The van der Waals surface area contributed by atoms with Crippen LogP contribution in [0.15, 0.2) is 0 Å². The van der Waals surface area contributed by atoms with Crippen LogP contribution in [-0.4, -0.2) is 72.2 Å². The lowest BCUT2D eigenvalue weighted by molar-refractivity contribution is -0.126. The second kappa shape index (κ2) is 5.33. The number of β-amino-alcohol motifs (C(OH)–C–C–N with tert-alkyl or cyclic N) is 1. The van der Waals surface area contributed by atoms with Gasteiger partial charge in [-0.1, -0.05) is 6.92 Å². The van der Waals surface area contributed by atoms with Gasteiger partial charge in [0.15, 0.2) is 0 Å². The van der Waals surface area contributed by atoms with E-state index in [2.05, 4.69) is 22.0 Å². The highest BCUT2D eigenvalue weighted by atomic mass is 16.3. The van der Waals surface area contributed by atoms with Crippen LogP contribution in [0.3, 0.4) is 0 Å². The number of amides is 1. The largest absolute Gasteiger partial charge is 0.387 e. The van der Waals surface area contributed by atoms with Crippen molar-refractivity contribution >= 4 is 5.91 Å². The SMILES string of the molecule is CCN1CCCC(O)(CN2CCNC(=O)C2)C1. The molecule has 0 radical (unpaired) electrons. The molecule has 98 valence electrons. The van der Waals surface area contributed by atoms with E-state index in [1.54, 1.807) is 0 Å². The number of hydrogen-bond donors (Lipinski definition) is 2. The highest BCUT2D eigenvalue weighted by molar-refractivity contribution is 5.78. The van der Waals surface area contributed by atoms with E-state index >= 15 is 0 Å². The smallest absolute Gasteiger partial charge is 0.234 e. The summed E-state index contributed by atoms with van der Waals surface area (Å²) < 4.78 is 0. The first-order chi connectivity index (χ1) is 8.11. The molecule has 1 atom stereocenters. The zero-order valence-electron chi connectivity index (χ0n) is 10.6. The minimum atomic E-state index is -0.633.